The highest BCUT2D eigenvalue weighted by atomic mass is 14.6. The van der Waals surface area contributed by atoms with Crippen LogP contribution < -0.4 is 10.6 Å². The van der Waals surface area contributed by atoms with Gasteiger partial charge >= 0.3 is 0 Å². The van der Waals surface area contributed by atoms with Crippen LogP contribution in [0.5, 0.6) is 0 Å². The van der Waals surface area contributed by atoms with E-state index in [-0.39, 0.29) is 0 Å². The lowest BCUT2D eigenvalue weighted by molar-refractivity contribution is 1.23. The largest absolute Gasteiger partial charge is 0.257 e. The molecule has 0 spiro atoms. The minimum absolute atomic E-state index is 1.05. The predicted octanol–water partition coefficient (Wildman–Crippen LogP) is 0.0463. The number of fused-ring (bicyclic) bond motifs is 1. The van der Waals surface area contributed by atoms with Gasteiger partial charge in [-0.2, -0.15) is 0 Å². The second-order valence-electron chi connectivity index (χ2n) is 2.12. The van der Waals surface area contributed by atoms with Gasteiger partial charge in [-0.15, -0.1) is 0 Å². The van der Waals surface area contributed by atoms with Crippen LogP contribution in [-0.2, 0) is 0 Å². The number of hydrogen-bond donors (Lipinski definition) is 0. The van der Waals surface area contributed by atoms with E-state index < -0.39 is 0 Å². The summed E-state index contributed by atoms with van der Waals surface area (Å²) in [5.74, 6) is 0. The van der Waals surface area contributed by atoms with Crippen LogP contribution in [0.25, 0.3) is 12.2 Å². The Morgan fingerprint density at radius 2 is 2.33 bits per heavy atom. The van der Waals surface area contributed by atoms with Gasteiger partial charge in [0.2, 0.25) is 0 Å². The molecule has 1 heterocycles. The number of nitrogens with zero attached hydrogens (tertiary/aromatic N) is 1. The van der Waals surface area contributed by atoms with E-state index in [1.165, 1.54) is 5.22 Å². The van der Waals surface area contributed by atoms with Gasteiger partial charge in [-0.25, -0.2) is 0 Å². The van der Waals surface area contributed by atoms with Crippen LogP contribution in [-0.4, -0.2) is 4.98 Å². The lowest BCUT2D eigenvalue weighted by atomic mass is 10.4. The molecule has 0 saturated heterocycles. The quantitative estimate of drug-likeness (QED) is 0.467. The molecule has 0 aliphatic heterocycles. The number of hydrogen-bond acceptors (Lipinski definition) is 1. The molecule has 0 radical (unpaired) electrons. The van der Waals surface area contributed by atoms with Gasteiger partial charge in [-0.05, 0) is 17.7 Å². The van der Waals surface area contributed by atoms with Crippen molar-refractivity contribution in [2.45, 2.75) is 6.42 Å². The summed E-state index contributed by atoms with van der Waals surface area (Å²) in [7, 11) is 0. The van der Waals surface area contributed by atoms with E-state index in [0.29, 0.717) is 0 Å². The third kappa shape index (κ3) is 0.653. The zero-order valence-corrected chi connectivity index (χ0v) is 5.04. The maximum Gasteiger partial charge on any atom is 0.0662 e. The van der Waals surface area contributed by atoms with Crippen LogP contribution in [0.2, 0.25) is 0 Å². The summed E-state index contributed by atoms with van der Waals surface area (Å²) in [5, 5.41) is 2.41. The Kier molecular flexibility index (Phi) is 0.890. The van der Waals surface area contributed by atoms with Crippen molar-refractivity contribution in [1.29, 1.82) is 0 Å². The smallest absolute Gasteiger partial charge is 0.0662 e. The van der Waals surface area contributed by atoms with E-state index in [1.807, 2.05) is 12.3 Å². The standard InChI is InChI=1S/C8H7N/c1-3-7-4-2-6-9-8(7)5-1/h2-6H,1H2. The van der Waals surface area contributed by atoms with Crippen molar-refractivity contribution in [2.24, 2.45) is 0 Å². The van der Waals surface area contributed by atoms with Crippen molar-refractivity contribution in [3.8, 4) is 0 Å². The van der Waals surface area contributed by atoms with Crippen LogP contribution >= 0.6 is 0 Å². The topological polar surface area (TPSA) is 12.9 Å². The summed E-state index contributed by atoms with van der Waals surface area (Å²) in [6, 6.07) is 4.06. The first kappa shape index (κ1) is 4.74. The number of aromatic nitrogens is 1. The van der Waals surface area contributed by atoms with E-state index in [0.717, 1.165) is 11.8 Å². The van der Waals surface area contributed by atoms with Crippen LogP contribution in [0.3, 0.4) is 0 Å². The molecule has 0 amide bonds. The number of pyridine rings is 1. The fourth-order valence-corrected chi connectivity index (χ4v) is 1.07. The molecule has 1 nitrogen and oxygen atoms in total. The van der Waals surface area contributed by atoms with E-state index in [1.54, 1.807) is 0 Å². The minimum atomic E-state index is 1.05. The predicted molar refractivity (Wildman–Crippen MR) is 37.0 cm³/mol. The van der Waals surface area contributed by atoms with Gasteiger partial charge < -0.3 is 0 Å². The first-order valence-electron chi connectivity index (χ1n) is 3.08. The highest BCUT2D eigenvalue weighted by Gasteiger charge is 1.89. The summed E-state index contributed by atoms with van der Waals surface area (Å²) >= 11 is 0. The Hall–Kier alpha value is -1.11. The Morgan fingerprint density at radius 1 is 1.33 bits per heavy atom. The molecule has 1 heteroatoms. The molecular formula is C8H7N. The molecule has 0 saturated carbocycles. The molecule has 1 aliphatic rings. The molecule has 2 rings (SSSR count). The van der Waals surface area contributed by atoms with Crippen molar-refractivity contribution >= 4 is 12.2 Å². The van der Waals surface area contributed by atoms with Crippen LogP contribution in [0, 0.1) is 0 Å². The van der Waals surface area contributed by atoms with Crippen LogP contribution in [0.15, 0.2) is 18.3 Å². The first-order chi connectivity index (χ1) is 4.47. The summed E-state index contributed by atoms with van der Waals surface area (Å²) in [5.41, 5.74) is 0. The monoisotopic (exact) mass is 117 g/mol. The van der Waals surface area contributed by atoms with E-state index in [4.69, 9.17) is 0 Å². The summed E-state index contributed by atoms with van der Waals surface area (Å²) in [6.07, 6.45) is 7.19. The molecule has 44 valence electrons. The number of rotatable bonds is 0. The molecule has 0 fully saturated rings. The van der Waals surface area contributed by atoms with Crippen LogP contribution in [0.1, 0.15) is 6.42 Å². The SMILES string of the molecule is C1=c2cccnc2=CC1. The molecule has 0 unspecified atom stereocenters. The van der Waals surface area contributed by atoms with E-state index >= 15 is 0 Å². The maximum atomic E-state index is 4.17. The van der Waals surface area contributed by atoms with Gasteiger partial charge in [0, 0.05) is 6.20 Å². The molecule has 0 atom stereocenters. The third-order valence-corrected chi connectivity index (χ3v) is 1.52. The van der Waals surface area contributed by atoms with E-state index in [9.17, 15) is 0 Å². The Labute approximate surface area is 53.4 Å². The second kappa shape index (κ2) is 1.69. The summed E-state index contributed by atoms with van der Waals surface area (Å²) < 4.78 is 0. The van der Waals surface area contributed by atoms with Crippen molar-refractivity contribution < 1.29 is 0 Å². The molecule has 1 aliphatic carbocycles. The summed E-state index contributed by atoms with van der Waals surface area (Å²) in [4.78, 5) is 4.17. The van der Waals surface area contributed by atoms with E-state index in [2.05, 4.69) is 23.2 Å². The zero-order valence-electron chi connectivity index (χ0n) is 5.04. The van der Waals surface area contributed by atoms with Crippen molar-refractivity contribution in [2.75, 3.05) is 0 Å². The lowest BCUT2D eigenvalue weighted by Gasteiger charge is -1.79. The molecular weight excluding hydrogens is 110 g/mol. The van der Waals surface area contributed by atoms with Crippen molar-refractivity contribution in [3.05, 3.63) is 28.9 Å². The Bertz CT molecular complexity index is 292. The molecule has 9 heavy (non-hydrogen) atoms. The lowest BCUT2D eigenvalue weighted by Crippen LogP contribution is -2.23. The molecule has 0 bridgehead atoms. The average molecular weight is 117 g/mol. The average Bonchev–Trinajstić information content (AvgIpc) is 2.33. The minimum Gasteiger partial charge on any atom is -0.257 e. The highest BCUT2D eigenvalue weighted by molar-refractivity contribution is 5.43. The fraction of sp³-hybridized carbons (Fsp3) is 0.125. The van der Waals surface area contributed by atoms with Crippen molar-refractivity contribution in [3.63, 3.8) is 0 Å². The zero-order chi connectivity index (χ0) is 6.10. The summed E-state index contributed by atoms with van der Waals surface area (Å²) in [6.45, 7) is 0. The van der Waals surface area contributed by atoms with Gasteiger partial charge in [0.05, 0.1) is 5.35 Å². The molecule has 0 aromatic carbocycles. The van der Waals surface area contributed by atoms with Gasteiger partial charge in [0.15, 0.2) is 0 Å². The Morgan fingerprint density at radius 3 is 3.22 bits per heavy atom. The molecule has 1 aromatic heterocycles. The van der Waals surface area contributed by atoms with Crippen molar-refractivity contribution in [1.82, 2.24) is 4.98 Å². The first-order valence-corrected chi connectivity index (χ1v) is 3.08. The molecule has 1 aromatic rings. The normalized spacial score (nSPS) is 13.8. The van der Waals surface area contributed by atoms with Gasteiger partial charge in [0.25, 0.3) is 0 Å². The highest BCUT2D eigenvalue weighted by Crippen LogP contribution is 1.85. The third-order valence-electron chi connectivity index (χ3n) is 1.52. The van der Waals surface area contributed by atoms with Crippen LogP contribution in [0.4, 0.5) is 0 Å². The second-order valence-corrected chi connectivity index (χ2v) is 2.12. The molecule has 0 N–H and O–H groups in total. The maximum absolute atomic E-state index is 4.17. The fourth-order valence-electron chi connectivity index (χ4n) is 1.07. The van der Waals surface area contributed by atoms with Gasteiger partial charge in [0.1, 0.15) is 0 Å². The Balaban J connectivity index is 2.97. The van der Waals surface area contributed by atoms with Gasteiger partial charge in [-0.1, -0.05) is 18.2 Å². The van der Waals surface area contributed by atoms with Gasteiger partial charge in [-0.3, -0.25) is 4.98 Å².